The molecule has 11 heavy (non-hydrogen) atoms. The molecule has 1 aliphatic heterocycles. The molecule has 1 aromatic carbocycles. The Bertz CT molecular complexity index is 306. The molecule has 0 saturated carbocycles. The zero-order valence-electron chi connectivity index (χ0n) is 5.61. The fourth-order valence-corrected chi connectivity index (χ4v) is 1.11. The Balaban J connectivity index is 2.60. The van der Waals surface area contributed by atoms with Crippen LogP contribution in [-0.2, 0) is 9.84 Å². The lowest BCUT2D eigenvalue weighted by Crippen LogP contribution is -1.94. The molecule has 1 aromatic rings. The van der Waals surface area contributed by atoms with Crippen LogP contribution in [0.5, 0.6) is 0 Å². The molecule has 0 aliphatic carbocycles. The zero-order valence-corrected chi connectivity index (χ0v) is 5.61. The normalized spacial score (nSPS) is 21.2. The highest BCUT2D eigenvalue weighted by Gasteiger charge is 2.29. The third-order valence-corrected chi connectivity index (χ3v) is 1.65. The van der Waals surface area contributed by atoms with Crippen LogP contribution in [0.2, 0.25) is 0 Å². The molecule has 55 valence electrons. The molecule has 1 radical (unpaired) electrons. The van der Waals surface area contributed by atoms with Crippen LogP contribution in [0.4, 0.5) is 0 Å². The highest BCUT2D eigenvalue weighted by atomic mass is 16.6. The molecule has 2 rings (SSSR count). The number of hydrogen-bond donors (Lipinski definition) is 0. The predicted molar refractivity (Wildman–Crippen MR) is 35.3 cm³/mol. The minimum absolute atomic E-state index is 0.396. The average Bonchev–Trinajstić information content (AvgIpc) is 2.30. The fourth-order valence-electron chi connectivity index (χ4n) is 1.11. The van der Waals surface area contributed by atoms with Crippen molar-refractivity contribution >= 4 is 5.97 Å². The minimum atomic E-state index is -1.32. The van der Waals surface area contributed by atoms with Crippen molar-refractivity contribution in [1.29, 1.82) is 0 Å². The molecule has 0 N–H and O–H groups in total. The van der Waals surface area contributed by atoms with Crippen molar-refractivity contribution in [3.63, 3.8) is 0 Å². The average molecular weight is 149 g/mol. The van der Waals surface area contributed by atoms with Crippen LogP contribution in [0.3, 0.4) is 0 Å². The van der Waals surface area contributed by atoms with Crippen molar-refractivity contribution in [3.8, 4) is 0 Å². The number of fused-ring (bicyclic) bond motifs is 1. The highest BCUT2D eigenvalue weighted by Crippen LogP contribution is 2.27. The molecule has 1 unspecified atom stereocenters. The summed E-state index contributed by atoms with van der Waals surface area (Å²) in [6.07, 6.45) is -1.32. The fraction of sp³-hybridized carbons (Fsp3) is 0.125. The maximum atomic E-state index is 10.9. The second-order valence-electron chi connectivity index (χ2n) is 2.32. The maximum Gasteiger partial charge on any atom is 0.341 e. The van der Waals surface area contributed by atoms with Crippen molar-refractivity contribution in [2.75, 3.05) is 0 Å². The summed E-state index contributed by atoms with van der Waals surface area (Å²) in [6, 6.07) is 6.62. The lowest BCUT2D eigenvalue weighted by molar-refractivity contribution is -0.0969. The van der Waals surface area contributed by atoms with Crippen molar-refractivity contribution in [1.82, 2.24) is 0 Å². The van der Waals surface area contributed by atoms with Crippen molar-refractivity contribution < 1.29 is 14.6 Å². The minimum Gasteiger partial charge on any atom is -0.425 e. The first-order chi connectivity index (χ1) is 5.29. The maximum absolute atomic E-state index is 10.9. The number of esters is 1. The van der Waals surface area contributed by atoms with Crippen LogP contribution in [0.25, 0.3) is 0 Å². The van der Waals surface area contributed by atoms with Crippen molar-refractivity contribution in [2.24, 2.45) is 0 Å². The molecule has 1 atom stereocenters. The van der Waals surface area contributed by atoms with Gasteiger partial charge in [0.25, 0.3) is 6.29 Å². The number of carbonyl (C=O) groups is 1. The predicted octanol–water partition coefficient (Wildman–Crippen LogP) is 1.29. The number of carbonyl (C=O) groups excluding carboxylic acids is 1. The lowest BCUT2D eigenvalue weighted by Gasteiger charge is -1.95. The number of ether oxygens (including phenoxy) is 1. The van der Waals surface area contributed by atoms with Gasteiger partial charge in [0, 0.05) is 5.56 Å². The Hall–Kier alpha value is -1.35. The first kappa shape index (κ1) is 6.37. The first-order valence-corrected chi connectivity index (χ1v) is 3.25. The Kier molecular flexibility index (Phi) is 1.20. The molecule has 0 fully saturated rings. The van der Waals surface area contributed by atoms with Crippen molar-refractivity contribution in [3.05, 3.63) is 35.4 Å². The molecule has 0 saturated heterocycles. The summed E-state index contributed by atoms with van der Waals surface area (Å²) >= 11 is 0. The van der Waals surface area contributed by atoms with Gasteiger partial charge in [-0.25, -0.2) is 4.79 Å². The van der Waals surface area contributed by atoms with E-state index in [4.69, 9.17) is 0 Å². The van der Waals surface area contributed by atoms with Gasteiger partial charge in [-0.05, 0) is 6.07 Å². The van der Waals surface area contributed by atoms with Gasteiger partial charge in [-0.2, -0.15) is 5.11 Å². The summed E-state index contributed by atoms with van der Waals surface area (Å²) in [6.45, 7) is 0. The number of cyclic esters (lactones) is 1. The smallest absolute Gasteiger partial charge is 0.341 e. The summed E-state index contributed by atoms with van der Waals surface area (Å²) < 4.78 is 4.44. The summed E-state index contributed by atoms with van der Waals surface area (Å²) in [7, 11) is 0. The Morgan fingerprint density at radius 2 is 2.00 bits per heavy atom. The number of rotatable bonds is 0. The summed E-state index contributed by atoms with van der Waals surface area (Å²) in [5.41, 5.74) is 0.838. The molecule has 0 aromatic heterocycles. The molecule has 1 aliphatic rings. The first-order valence-electron chi connectivity index (χ1n) is 3.25. The van der Waals surface area contributed by atoms with Gasteiger partial charge in [0.15, 0.2) is 0 Å². The van der Waals surface area contributed by atoms with E-state index in [2.05, 4.69) is 4.74 Å². The number of benzene rings is 1. The molecule has 3 nitrogen and oxygen atoms in total. The second-order valence-corrected chi connectivity index (χ2v) is 2.32. The van der Waals surface area contributed by atoms with Crippen molar-refractivity contribution in [2.45, 2.75) is 6.29 Å². The molecule has 1 heterocycles. The van der Waals surface area contributed by atoms with E-state index < -0.39 is 12.3 Å². The Morgan fingerprint density at radius 1 is 1.27 bits per heavy atom. The standard InChI is InChI=1S/C8H5O3/c9-7-5-3-1-2-4-6(5)8(10)11-7/h1-4,7H. The van der Waals surface area contributed by atoms with E-state index >= 15 is 0 Å². The van der Waals surface area contributed by atoms with E-state index in [0.29, 0.717) is 11.1 Å². The van der Waals surface area contributed by atoms with Crippen LogP contribution >= 0.6 is 0 Å². The van der Waals surface area contributed by atoms with E-state index in [0.717, 1.165) is 0 Å². The molecular formula is C8H5O3. The van der Waals surface area contributed by atoms with Gasteiger partial charge in [-0.1, -0.05) is 18.2 Å². The summed E-state index contributed by atoms with van der Waals surface area (Å²) in [5, 5.41) is 10.9. The van der Waals surface area contributed by atoms with E-state index in [1.165, 1.54) is 0 Å². The quantitative estimate of drug-likeness (QED) is 0.521. The zero-order chi connectivity index (χ0) is 7.84. The van der Waals surface area contributed by atoms with Gasteiger partial charge < -0.3 is 4.74 Å². The van der Waals surface area contributed by atoms with E-state index in [1.54, 1.807) is 24.3 Å². The Morgan fingerprint density at radius 3 is 2.73 bits per heavy atom. The molecule has 3 heteroatoms. The van der Waals surface area contributed by atoms with Crippen LogP contribution in [0.1, 0.15) is 22.2 Å². The lowest BCUT2D eigenvalue weighted by atomic mass is 10.1. The Labute approximate surface area is 63.2 Å². The van der Waals surface area contributed by atoms with Crippen LogP contribution in [0.15, 0.2) is 24.3 Å². The third kappa shape index (κ3) is 0.816. The second kappa shape index (κ2) is 2.07. The topological polar surface area (TPSA) is 46.2 Å². The van der Waals surface area contributed by atoms with E-state index in [9.17, 15) is 9.90 Å². The summed E-state index contributed by atoms with van der Waals surface area (Å²) in [4.78, 5) is 10.9. The molecule has 0 spiro atoms. The summed E-state index contributed by atoms with van der Waals surface area (Å²) in [5.74, 6) is -0.513. The molecular weight excluding hydrogens is 144 g/mol. The van der Waals surface area contributed by atoms with Gasteiger partial charge in [-0.3, -0.25) is 0 Å². The number of hydrogen-bond acceptors (Lipinski definition) is 2. The van der Waals surface area contributed by atoms with Gasteiger partial charge in [0.1, 0.15) is 0 Å². The largest absolute Gasteiger partial charge is 0.425 e. The SMILES string of the molecule is [O]C1OC(=O)c2ccccc21. The van der Waals surface area contributed by atoms with Crippen LogP contribution in [0, 0.1) is 0 Å². The van der Waals surface area contributed by atoms with E-state index in [1.807, 2.05) is 0 Å². The van der Waals surface area contributed by atoms with Gasteiger partial charge in [0.2, 0.25) is 0 Å². The van der Waals surface area contributed by atoms with Gasteiger partial charge in [-0.15, -0.1) is 0 Å². The molecule has 0 bridgehead atoms. The van der Waals surface area contributed by atoms with Crippen LogP contribution < -0.4 is 0 Å². The van der Waals surface area contributed by atoms with Crippen LogP contribution in [-0.4, -0.2) is 5.97 Å². The monoisotopic (exact) mass is 149 g/mol. The highest BCUT2D eigenvalue weighted by molar-refractivity contribution is 5.93. The third-order valence-electron chi connectivity index (χ3n) is 1.65. The molecule has 0 amide bonds. The van der Waals surface area contributed by atoms with Gasteiger partial charge >= 0.3 is 5.97 Å². The van der Waals surface area contributed by atoms with Gasteiger partial charge in [0.05, 0.1) is 5.56 Å². The van der Waals surface area contributed by atoms with E-state index in [-0.39, 0.29) is 0 Å².